The van der Waals surface area contributed by atoms with E-state index in [1.54, 1.807) is 6.07 Å². The van der Waals surface area contributed by atoms with Crippen LogP contribution in [0.2, 0.25) is 0 Å². The summed E-state index contributed by atoms with van der Waals surface area (Å²) in [4.78, 5) is 18.3. The summed E-state index contributed by atoms with van der Waals surface area (Å²) < 4.78 is 22.9. The van der Waals surface area contributed by atoms with E-state index in [0.717, 1.165) is 98.5 Å². The minimum atomic E-state index is -0.445. The molecule has 1 spiro atoms. The second-order valence-electron chi connectivity index (χ2n) is 11.6. The maximum Gasteiger partial charge on any atom is 0.226 e. The van der Waals surface area contributed by atoms with Crippen molar-refractivity contribution < 1.29 is 13.9 Å². The molecule has 4 heterocycles. The first-order valence-electron chi connectivity index (χ1n) is 14.6. The number of rotatable bonds is 3. The van der Waals surface area contributed by atoms with E-state index >= 15 is 4.39 Å². The van der Waals surface area contributed by atoms with Crippen LogP contribution in [0.4, 0.5) is 10.1 Å². The Morgan fingerprint density at radius 2 is 1.82 bits per heavy atom. The molecule has 6 rings (SSSR count). The average Bonchev–Trinajstić information content (AvgIpc) is 3.66. The molecule has 3 aromatic rings. The number of nitrogens with one attached hydrogen (secondary N) is 1. The van der Waals surface area contributed by atoms with Crippen molar-refractivity contribution in [2.75, 3.05) is 31.1 Å². The number of fused-ring (bicyclic) bond motifs is 3. The van der Waals surface area contributed by atoms with Crippen molar-refractivity contribution >= 4 is 11.6 Å². The molecular weight excluding hydrogens is 507 g/mol. The summed E-state index contributed by atoms with van der Waals surface area (Å²) in [5.41, 5.74) is 4.19. The Labute approximate surface area is 235 Å². The molecule has 0 aliphatic carbocycles. The van der Waals surface area contributed by atoms with Gasteiger partial charge in [0.15, 0.2) is 0 Å². The van der Waals surface area contributed by atoms with Crippen LogP contribution in [0.25, 0.3) is 0 Å². The number of halogens is 1. The summed E-state index contributed by atoms with van der Waals surface area (Å²) >= 11 is 0. The van der Waals surface area contributed by atoms with Gasteiger partial charge >= 0.3 is 0 Å². The number of ether oxygens (including phenoxy) is 1. The SMILES string of the molecule is Cc1cc(N2CCCC2)c(F)cc1CN1CCC2(CCCn3cc(nn3)COc3ccccc3CNC2=O)CC1. The molecule has 212 valence electrons. The molecule has 2 bridgehead atoms. The van der Waals surface area contributed by atoms with Gasteiger partial charge in [-0.15, -0.1) is 5.10 Å². The van der Waals surface area contributed by atoms with Gasteiger partial charge < -0.3 is 15.0 Å². The third kappa shape index (κ3) is 5.70. The number of aromatic nitrogens is 3. The standard InChI is InChI=1S/C31H39FN6O2/c1-23-17-28(37-12-4-5-13-37)27(32)18-25(23)20-36-15-10-31(11-16-36)9-6-14-38-21-26(34-35-38)22-40-29-8-3-2-7-24(29)19-33-30(31)39/h2-3,7-8,17-18,21H,4-6,9-16,19-20,22H2,1H3,(H,33,39). The topological polar surface area (TPSA) is 75.5 Å². The molecule has 1 N–H and O–H groups in total. The Balaban J connectivity index is 1.16. The third-order valence-corrected chi connectivity index (χ3v) is 8.96. The van der Waals surface area contributed by atoms with E-state index in [2.05, 4.69) is 32.4 Å². The number of carbonyl (C=O) groups excluding carboxylic acids is 1. The number of anilines is 1. The lowest BCUT2D eigenvalue weighted by Crippen LogP contribution is -2.48. The van der Waals surface area contributed by atoms with Crippen molar-refractivity contribution in [3.63, 3.8) is 0 Å². The van der Waals surface area contributed by atoms with Crippen LogP contribution in [0.3, 0.4) is 0 Å². The predicted molar refractivity (Wildman–Crippen MR) is 151 cm³/mol. The van der Waals surface area contributed by atoms with Crippen LogP contribution in [-0.2, 0) is 31.0 Å². The second kappa shape index (κ2) is 11.6. The maximum atomic E-state index is 15.1. The number of aryl methyl sites for hydroxylation is 2. The van der Waals surface area contributed by atoms with E-state index < -0.39 is 5.41 Å². The van der Waals surface area contributed by atoms with Gasteiger partial charge in [-0.2, -0.15) is 0 Å². The van der Waals surface area contributed by atoms with Crippen LogP contribution >= 0.6 is 0 Å². The number of carbonyl (C=O) groups is 1. The molecule has 2 aromatic carbocycles. The molecule has 8 nitrogen and oxygen atoms in total. The van der Waals surface area contributed by atoms with Crippen LogP contribution < -0.4 is 15.0 Å². The van der Waals surface area contributed by atoms with E-state index in [1.807, 2.05) is 41.2 Å². The largest absolute Gasteiger partial charge is 0.487 e. The van der Waals surface area contributed by atoms with Crippen molar-refractivity contribution in [2.45, 2.75) is 71.7 Å². The van der Waals surface area contributed by atoms with Crippen molar-refractivity contribution in [1.29, 1.82) is 0 Å². The number of amides is 1. The van der Waals surface area contributed by atoms with Gasteiger partial charge in [0.1, 0.15) is 23.9 Å². The lowest BCUT2D eigenvalue weighted by molar-refractivity contribution is -0.135. The first-order valence-corrected chi connectivity index (χ1v) is 14.6. The molecule has 0 radical (unpaired) electrons. The lowest BCUT2D eigenvalue weighted by atomic mass is 9.73. The summed E-state index contributed by atoms with van der Waals surface area (Å²) in [5, 5.41) is 11.8. The summed E-state index contributed by atoms with van der Waals surface area (Å²) in [6.45, 7) is 7.74. The molecule has 9 heteroatoms. The van der Waals surface area contributed by atoms with Gasteiger partial charge in [-0.05, 0) is 87.9 Å². The Hall–Kier alpha value is -3.46. The number of hydrogen-bond acceptors (Lipinski definition) is 6. The highest BCUT2D eigenvalue weighted by Gasteiger charge is 2.41. The molecule has 40 heavy (non-hydrogen) atoms. The number of para-hydroxylation sites is 1. The fourth-order valence-corrected chi connectivity index (χ4v) is 6.45. The fourth-order valence-electron chi connectivity index (χ4n) is 6.45. The zero-order chi connectivity index (χ0) is 27.5. The van der Waals surface area contributed by atoms with Crippen molar-refractivity contribution in [3.8, 4) is 5.75 Å². The quantitative estimate of drug-likeness (QED) is 0.518. The Bertz CT molecular complexity index is 1340. The first kappa shape index (κ1) is 26.7. The van der Waals surface area contributed by atoms with Gasteiger partial charge in [-0.1, -0.05) is 23.4 Å². The average molecular weight is 547 g/mol. The van der Waals surface area contributed by atoms with Crippen molar-refractivity contribution in [3.05, 3.63) is 70.8 Å². The molecule has 3 aliphatic rings. The van der Waals surface area contributed by atoms with E-state index in [-0.39, 0.29) is 11.7 Å². The summed E-state index contributed by atoms with van der Waals surface area (Å²) in [6, 6.07) is 11.6. The lowest BCUT2D eigenvalue weighted by Gasteiger charge is -2.41. The smallest absolute Gasteiger partial charge is 0.226 e. The second-order valence-corrected chi connectivity index (χ2v) is 11.6. The molecular formula is C31H39FN6O2. The van der Waals surface area contributed by atoms with Crippen LogP contribution in [0, 0.1) is 18.2 Å². The van der Waals surface area contributed by atoms with Crippen molar-refractivity contribution in [2.24, 2.45) is 5.41 Å². The highest BCUT2D eigenvalue weighted by atomic mass is 19.1. The maximum absolute atomic E-state index is 15.1. The third-order valence-electron chi connectivity index (χ3n) is 8.96. The van der Waals surface area contributed by atoms with Crippen molar-refractivity contribution in [1.82, 2.24) is 25.2 Å². The van der Waals surface area contributed by atoms with E-state index in [1.165, 1.54) is 0 Å². The normalized spacial score (nSPS) is 20.1. The number of nitrogens with zero attached hydrogens (tertiary/aromatic N) is 5. The van der Waals surface area contributed by atoms with E-state index in [0.29, 0.717) is 26.2 Å². The van der Waals surface area contributed by atoms with E-state index in [4.69, 9.17) is 4.74 Å². The molecule has 0 saturated carbocycles. The predicted octanol–water partition coefficient (Wildman–Crippen LogP) is 4.60. The van der Waals surface area contributed by atoms with Gasteiger partial charge in [0.25, 0.3) is 0 Å². The molecule has 1 aromatic heterocycles. The van der Waals surface area contributed by atoms with Gasteiger partial charge in [0, 0.05) is 38.3 Å². The molecule has 1 amide bonds. The molecule has 0 unspecified atom stereocenters. The van der Waals surface area contributed by atoms with Gasteiger partial charge in [0.05, 0.1) is 17.3 Å². The van der Waals surface area contributed by atoms with Gasteiger partial charge in [-0.3, -0.25) is 14.4 Å². The highest BCUT2D eigenvalue weighted by molar-refractivity contribution is 5.82. The minimum absolute atomic E-state index is 0.107. The monoisotopic (exact) mass is 546 g/mol. The van der Waals surface area contributed by atoms with Crippen LogP contribution in [-0.4, -0.2) is 52.0 Å². The number of piperidine rings is 1. The van der Waals surface area contributed by atoms with E-state index in [9.17, 15) is 4.79 Å². The zero-order valence-electron chi connectivity index (χ0n) is 23.4. The zero-order valence-corrected chi connectivity index (χ0v) is 23.4. The van der Waals surface area contributed by atoms with Crippen LogP contribution in [0.5, 0.6) is 5.75 Å². The van der Waals surface area contributed by atoms with Crippen LogP contribution in [0.1, 0.15) is 60.9 Å². The number of hydrogen-bond donors (Lipinski definition) is 1. The number of benzene rings is 2. The highest BCUT2D eigenvalue weighted by Crippen LogP contribution is 2.38. The molecule has 2 fully saturated rings. The fraction of sp³-hybridized carbons (Fsp3) is 0.516. The van der Waals surface area contributed by atoms with Gasteiger partial charge in [0.2, 0.25) is 5.91 Å². The Morgan fingerprint density at radius 3 is 2.65 bits per heavy atom. The Morgan fingerprint density at radius 1 is 1.02 bits per heavy atom. The van der Waals surface area contributed by atoms with Crippen LogP contribution in [0.15, 0.2) is 42.6 Å². The summed E-state index contributed by atoms with van der Waals surface area (Å²) in [6.07, 6.45) is 7.36. The first-order chi connectivity index (χ1) is 19.5. The molecule has 2 saturated heterocycles. The summed E-state index contributed by atoms with van der Waals surface area (Å²) in [5.74, 6) is 0.731. The number of likely N-dealkylation sites (tertiary alicyclic amines) is 1. The minimum Gasteiger partial charge on any atom is -0.487 e. The molecule has 0 atom stereocenters. The Kier molecular flexibility index (Phi) is 7.74. The molecule has 3 aliphatic heterocycles. The van der Waals surface area contributed by atoms with Gasteiger partial charge in [-0.25, -0.2) is 4.39 Å². The summed E-state index contributed by atoms with van der Waals surface area (Å²) in [7, 11) is 0.